The Labute approximate surface area is 126 Å². The van der Waals surface area contributed by atoms with Crippen molar-refractivity contribution in [1.29, 1.82) is 0 Å². The molecule has 22 heavy (non-hydrogen) atoms. The van der Waals surface area contributed by atoms with Gasteiger partial charge in [-0.05, 0) is 23.8 Å². The standard InChI is InChI=1S/C15H14N2O5/c1-22-10-4-2-9(3-5-10)7-16-13-8-17-12(15(20)21)6-11(13)14(18)19/h2-6,8,16H,7H2,1H3,(H,18,19)(H,20,21). The number of rotatable bonds is 6. The molecule has 1 aromatic carbocycles. The van der Waals surface area contributed by atoms with Crippen molar-refractivity contribution in [2.75, 3.05) is 12.4 Å². The van der Waals surface area contributed by atoms with Crippen LogP contribution in [0.1, 0.15) is 26.4 Å². The van der Waals surface area contributed by atoms with Crippen LogP contribution in [0.2, 0.25) is 0 Å². The molecule has 1 heterocycles. The molecule has 7 nitrogen and oxygen atoms in total. The Kier molecular flexibility index (Phi) is 4.57. The Bertz CT molecular complexity index is 698. The van der Waals surface area contributed by atoms with Crippen LogP contribution in [0, 0.1) is 0 Å². The number of ether oxygens (including phenoxy) is 1. The second-order valence-corrected chi connectivity index (χ2v) is 4.43. The van der Waals surface area contributed by atoms with Gasteiger partial charge >= 0.3 is 11.9 Å². The summed E-state index contributed by atoms with van der Waals surface area (Å²) in [5.41, 5.74) is 0.723. The van der Waals surface area contributed by atoms with Crippen LogP contribution in [0.25, 0.3) is 0 Å². The van der Waals surface area contributed by atoms with Crippen molar-refractivity contribution in [3.63, 3.8) is 0 Å². The Morgan fingerprint density at radius 1 is 1.18 bits per heavy atom. The van der Waals surface area contributed by atoms with Gasteiger partial charge < -0.3 is 20.3 Å². The van der Waals surface area contributed by atoms with Crippen LogP contribution < -0.4 is 10.1 Å². The molecule has 2 aromatic rings. The average molecular weight is 302 g/mol. The summed E-state index contributed by atoms with van der Waals surface area (Å²) in [7, 11) is 1.57. The fourth-order valence-electron chi connectivity index (χ4n) is 1.83. The highest BCUT2D eigenvalue weighted by molar-refractivity contribution is 5.97. The van der Waals surface area contributed by atoms with Gasteiger partial charge in [-0.1, -0.05) is 12.1 Å². The molecule has 2 rings (SSSR count). The van der Waals surface area contributed by atoms with E-state index in [4.69, 9.17) is 14.9 Å². The third-order valence-electron chi connectivity index (χ3n) is 3.00. The van der Waals surface area contributed by atoms with Crippen LogP contribution in [-0.4, -0.2) is 34.2 Å². The normalized spacial score (nSPS) is 10.0. The maximum Gasteiger partial charge on any atom is 0.354 e. The van der Waals surface area contributed by atoms with Gasteiger partial charge in [-0.2, -0.15) is 0 Å². The van der Waals surface area contributed by atoms with Crippen molar-refractivity contribution in [2.24, 2.45) is 0 Å². The predicted molar refractivity (Wildman–Crippen MR) is 78.5 cm³/mol. The average Bonchev–Trinajstić information content (AvgIpc) is 2.53. The summed E-state index contributed by atoms with van der Waals surface area (Å²) >= 11 is 0. The largest absolute Gasteiger partial charge is 0.497 e. The lowest BCUT2D eigenvalue weighted by molar-refractivity contribution is 0.0690. The summed E-state index contributed by atoms with van der Waals surface area (Å²) in [6.07, 6.45) is 1.20. The predicted octanol–water partition coefficient (Wildman–Crippen LogP) is 2.10. The molecule has 114 valence electrons. The van der Waals surface area contributed by atoms with Crippen LogP contribution >= 0.6 is 0 Å². The number of pyridine rings is 1. The monoisotopic (exact) mass is 302 g/mol. The highest BCUT2D eigenvalue weighted by Crippen LogP contribution is 2.18. The van der Waals surface area contributed by atoms with Gasteiger partial charge in [0.05, 0.1) is 24.6 Å². The first-order chi connectivity index (χ1) is 10.5. The fourth-order valence-corrected chi connectivity index (χ4v) is 1.83. The van der Waals surface area contributed by atoms with E-state index in [9.17, 15) is 9.59 Å². The minimum Gasteiger partial charge on any atom is -0.497 e. The first-order valence-corrected chi connectivity index (χ1v) is 6.34. The third kappa shape index (κ3) is 3.51. The third-order valence-corrected chi connectivity index (χ3v) is 3.00. The number of carboxylic acids is 2. The van der Waals surface area contributed by atoms with Gasteiger partial charge in [-0.3, -0.25) is 0 Å². The van der Waals surface area contributed by atoms with E-state index in [0.717, 1.165) is 17.4 Å². The van der Waals surface area contributed by atoms with Gasteiger partial charge in [0.1, 0.15) is 11.4 Å². The molecule has 0 unspecified atom stereocenters. The second kappa shape index (κ2) is 6.57. The molecule has 0 bridgehead atoms. The highest BCUT2D eigenvalue weighted by atomic mass is 16.5. The fraction of sp³-hybridized carbons (Fsp3) is 0.133. The number of hydrogen-bond donors (Lipinski definition) is 3. The maximum atomic E-state index is 11.2. The molecule has 0 saturated carbocycles. The Morgan fingerprint density at radius 3 is 2.41 bits per heavy atom. The van der Waals surface area contributed by atoms with Crippen LogP contribution in [-0.2, 0) is 6.54 Å². The van der Waals surface area contributed by atoms with Gasteiger partial charge in [0.15, 0.2) is 0 Å². The number of aromatic carboxylic acids is 2. The van der Waals surface area contributed by atoms with Gasteiger partial charge in [-0.25, -0.2) is 14.6 Å². The van der Waals surface area contributed by atoms with Crippen LogP contribution in [0.5, 0.6) is 5.75 Å². The zero-order valence-corrected chi connectivity index (χ0v) is 11.7. The van der Waals surface area contributed by atoms with Crippen molar-refractivity contribution in [1.82, 2.24) is 4.98 Å². The molecule has 0 spiro atoms. The van der Waals surface area contributed by atoms with Gasteiger partial charge in [-0.15, -0.1) is 0 Å². The number of nitrogens with one attached hydrogen (secondary N) is 1. The van der Waals surface area contributed by atoms with Crippen molar-refractivity contribution in [3.8, 4) is 5.75 Å². The molecular formula is C15H14N2O5. The van der Waals surface area contributed by atoms with E-state index in [1.54, 1.807) is 19.2 Å². The number of aromatic nitrogens is 1. The van der Waals surface area contributed by atoms with Gasteiger partial charge in [0.25, 0.3) is 0 Å². The summed E-state index contributed by atoms with van der Waals surface area (Å²) in [4.78, 5) is 25.8. The van der Waals surface area contributed by atoms with Crippen LogP contribution in [0.3, 0.4) is 0 Å². The molecule has 1 aromatic heterocycles. The van der Waals surface area contributed by atoms with Crippen LogP contribution in [0.15, 0.2) is 36.5 Å². The number of hydrogen-bond acceptors (Lipinski definition) is 5. The number of carboxylic acid groups (broad SMARTS) is 2. The molecule has 0 fully saturated rings. The molecule has 7 heteroatoms. The Hall–Kier alpha value is -3.09. The topological polar surface area (TPSA) is 109 Å². The minimum absolute atomic E-state index is 0.138. The summed E-state index contributed by atoms with van der Waals surface area (Å²) in [6.45, 7) is 0.373. The number of carbonyl (C=O) groups is 2. The summed E-state index contributed by atoms with van der Waals surface area (Å²) < 4.78 is 5.05. The lowest BCUT2D eigenvalue weighted by atomic mass is 10.1. The molecule has 0 radical (unpaired) electrons. The molecule has 0 saturated heterocycles. The lowest BCUT2D eigenvalue weighted by Crippen LogP contribution is -2.10. The van der Waals surface area contributed by atoms with E-state index in [-0.39, 0.29) is 16.9 Å². The van der Waals surface area contributed by atoms with Crippen LogP contribution in [0.4, 0.5) is 5.69 Å². The van der Waals surface area contributed by atoms with Crippen molar-refractivity contribution in [3.05, 3.63) is 53.3 Å². The van der Waals surface area contributed by atoms with E-state index in [2.05, 4.69) is 10.3 Å². The molecule has 0 aliphatic heterocycles. The van der Waals surface area contributed by atoms with Gasteiger partial charge in [0, 0.05) is 6.54 Å². The van der Waals surface area contributed by atoms with Gasteiger partial charge in [0.2, 0.25) is 0 Å². The van der Waals surface area contributed by atoms with E-state index in [1.165, 1.54) is 6.20 Å². The van der Waals surface area contributed by atoms with E-state index < -0.39 is 11.9 Å². The zero-order valence-electron chi connectivity index (χ0n) is 11.7. The molecule has 0 aliphatic carbocycles. The quantitative estimate of drug-likeness (QED) is 0.749. The smallest absolute Gasteiger partial charge is 0.354 e. The zero-order chi connectivity index (χ0) is 16.1. The molecule has 0 amide bonds. The molecule has 0 aliphatic rings. The van der Waals surface area contributed by atoms with Crippen molar-refractivity contribution in [2.45, 2.75) is 6.54 Å². The molecule has 3 N–H and O–H groups in total. The Morgan fingerprint density at radius 2 is 1.86 bits per heavy atom. The van der Waals surface area contributed by atoms with Crippen molar-refractivity contribution < 1.29 is 24.5 Å². The molecule has 0 atom stereocenters. The lowest BCUT2D eigenvalue weighted by Gasteiger charge is -2.10. The number of methoxy groups -OCH3 is 1. The number of anilines is 1. The minimum atomic E-state index is -1.27. The Balaban J connectivity index is 2.17. The molecular weight excluding hydrogens is 288 g/mol. The SMILES string of the molecule is COc1ccc(CNc2cnc(C(=O)O)cc2C(=O)O)cc1. The van der Waals surface area contributed by atoms with E-state index in [1.807, 2.05) is 12.1 Å². The summed E-state index contributed by atoms with van der Waals surface area (Å²) in [6, 6.07) is 8.29. The summed E-state index contributed by atoms with van der Waals surface area (Å²) in [5.74, 6) is -1.77. The summed E-state index contributed by atoms with van der Waals surface area (Å²) in [5, 5.41) is 20.9. The maximum absolute atomic E-state index is 11.2. The first-order valence-electron chi connectivity index (χ1n) is 6.34. The van der Waals surface area contributed by atoms with Crippen molar-refractivity contribution >= 4 is 17.6 Å². The first kappa shape index (κ1) is 15.3. The number of nitrogens with zero attached hydrogens (tertiary/aromatic N) is 1. The second-order valence-electron chi connectivity index (χ2n) is 4.43. The van der Waals surface area contributed by atoms with E-state index in [0.29, 0.717) is 6.54 Å². The highest BCUT2D eigenvalue weighted by Gasteiger charge is 2.15. The number of benzene rings is 1. The van der Waals surface area contributed by atoms with E-state index >= 15 is 0 Å².